The van der Waals surface area contributed by atoms with Gasteiger partial charge in [-0.1, -0.05) is 36.4 Å². The molecule has 0 saturated heterocycles. The van der Waals surface area contributed by atoms with Gasteiger partial charge in [-0.3, -0.25) is 0 Å². The van der Waals surface area contributed by atoms with E-state index < -0.39 is 8.38 Å². The Labute approximate surface area is 196 Å². The second-order valence-electron chi connectivity index (χ2n) is 9.73. The highest BCUT2D eigenvalue weighted by Crippen LogP contribution is 2.47. The predicted octanol–water partition coefficient (Wildman–Crippen LogP) is 8.20. The molecule has 3 nitrogen and oxygen atoms in total. The van der Waals surface area contributed by atoms with Gasteiger partial charge in [0.05, 0.1) is 27.3 Å². The molecule has 2 aromatic heterocycles. The Bertz CT molecular complexity index is 1190. The van der Waals surface area contributed by atoms with Crippen LogP contribution in [-0.2, 0) is 9.05 Å². The van der Waals surface area contributed by atoms with Crippen LogP contribution >= 0.6 is 19.7 Å². The molecule has 5 heteroatoms. The van der Waals surface area contributed by atoms with Gasteiger partial charge in [0.2, 0.25) is 8.38 Å². The largest absolute Gasteiger partial charge is 0.325 e. The SMILES string of the molecule is CC(C)(C)OP(OC(C)(C)C)c1cccc2nc(-c3ccc(-c4ccccc4)s3)ccc12. The number of nitrogens with zero attached hydrogens (tertiary/aromatic N) is 1. The van der Waals surface area contributed by atoms with E-state index in [9.17, 15) is 0 Å². The fourth-order valence-electron chi connectivity index (χ4n) is 3.28. The van der Waals surface area contributed by atoms with E-state index in [1.165, 1.54) is 10.4 Å². The molecule has 2 aromatic carbocycles. The molecule has 166 valence electrons. The number of rotatable bonds is 5. The van der Waals surface area contributed by atoms with Gasteiger partial charge in [-0.25, -0.2) is 4.98 Å². The van der Waals surface area contributed by atoms with Gasteiger partial charge in [-0.15, -0.1) is 11.3 Å². The Morgan fingerprint density at radius 3 is 2.00 bits per heavy atom. The summed E-state index contributed by atoms with van der Waals surface area (Å²) in [6, 6.07) is 25.3. The summed E-state index contributed by atoms with van der Waals surface area (Å²) in [6.07, 6.45) is 0. The van der Waals surface area contributed by atoms with Gasteiger partial charge in [-0.05, 0) is 83.5 Å². The van der Waals surface area contributed by atoms with Crippen LogP contribution in [0.3, 0.4) is 0 Å². The van der Waals surface area contributed by atoms with Crippen LogP contribution in [0.15, 0.2) is 72.8 Å². The van der Waals surface area contributed by atoms with Crippen molar-refractivity contribution in [1.82, 2.24) is 4.98 Å². The second-order valence-corrected chi connectivity index (χ2v) is 12.2. The molecule has 4 aromatic rings. The zero-order valence-electron chi connectivity index (χ0n) is 19.5. The first-order valence-electron chi connectivity index (χ1n) is 10.8. The average molecular weight is 464 g/mol. The Balaban J connectivity index is 1.71. The summed E-state index contributed by atoms with van der Waals surface area (Å²) in [5.74, 6) is 0. The van der Waals surface area contributed by atoms with E-state index in [-0.39, 0.29) is 11.2 Å². The van der Waals surface area contributed by atoms with E-state index in [2.05, 4.69) is 102 Å². The van der Waals surface area contributed by atoms with Crippen molar-refractivity contribution in [3.05, 3.63) is 72.8 Å². The monoisotopic (exact) mass is 463 g/mol. The number of hydrogen-bond acceptors (Lipinski definition) is 4. The maximum Gasteiger partial charge on any atom is 0.206 e. The minimum Gasteiger partial charge on any atom is -0.325 e. The molecule has 0 aliphatic carbocycles. The summed E-state index contributed by atoms with van der Waals surface area (Å²) in [6.45, 7) is 12.4. The second kappa shape index (κ2) is 9.03. The third kappa shape index (κ3) is 5.63. The summed E-state index contributed by atoms with van der Waals surface area (Å²) >= 11 is 1.77. The van der Waals surface area contributed by atoms with E-state index in [1.807, 2.05) is 12.1 Å². The molecule has 0 unspecified atom stereocenters. The summed E-state index contributed by atoms with van der Waals surface area (Å²) < 4.78 is 12.8. The van der Waals surface area contributed by atoms with E-state index in [4.69, 9.17) is 14.0 Å². The first-order valence-corrected chi connectivity index (χ1v) is 12.8. The van der Waals surface area contributed by atoms with Crippen molar-refractivity contribution in [3.8, 4) is 21.0 Å². The lowest BCUT2D eigenvalue weighted by Gasteiger charge is -2.32. The molecule has 0 N–H and O–H groups in total. The molecule has 0 radical (unpaired) electrons. The number of benzene rings is 2. The lowest BCUT2D eigenvalue weighted by Crippen LogP contribution is -2.25. The highest BCUT2D eigenvalue weighted by molar-refractivity contribution is 7.56. The van der Waals surface area contributed by atoms with Crippen molar-refractivity contribution < 1.29 is 9.05 Å². The van der Waals surface area contributed by atoms with Gasteiger partial charge in [0.15, 0.2) is 0 Å². The molecule has 0 amide bonds. The third-order valence-corrected chi connectivity index (χ3v) is 7.90. The molecule has 0 bridgehead atoms. The summed E-state index contributed by atoms with van der Waals surface area (Å²) in [4.78, 5) is 7.41. The number of fused-ring (bicyclic) bond motifs is 1. The lowest BCUT2D eigenvalue weighted by atomic mass is 10.2. The Morgan fingerprint density at radius 1 is 0.688 bits per heavy atom. The zero-order chi connectivity index (χ0) is 22.9. The van der Waals surface area contributed by atoms with Crippen LogP contribution in [0.25, 0.3) is 31.9 Å². The molecule has 4 rings (SSSR count). The van der Waals surface area contributed by atoms with Gasteiger partial charge in [0.1, 0.15) is 0 Å². The van der Waals surface area contributed by atoms with Crippen LogP contribution in [0, 0.1) is 0 Å². The molecule has 0 atom stereocenters. The van der Waals surface area contributed by atoms with Crippen molar-refractivity contribution in [2.45, 2.75) is 52.7 Å². The lowest BCUT2D eigenvalue weighted by molar-refractivity contribution is 0.0778. The standard InChI is InChI=1S/C27H30NO2PS/c1-26(2,3)29-31(30-27(4,5)6)23-14-10-13-21-20(23)15-16-22(28-21)25-18-17-24(32-25)19-11-8-7-9-12-19/h7-18H,1-6H3. The maximum atomic E-state index is 6.39. The predicted molar refractivity (Wildman–Crippen MR) is 139 cm³/mol. The van der Waals surface area contributed by atoms with Crippen LogP contribution in [0.5, 0.6) is 0 Å². The fraction of sp³-hybridized carbons (Fsp3) is 0.296. The Morgan fingerprint density at radius 2 is 1.34 bits per heavy atom. The normalized spacial score (nSPS) is 12.6. The summed E-state index contributed by atoms with van der Waals surface area (Å²) in [5, 5.41) is 2.15. The quantitative estimate of drug-likeness (QED) is 0.280. The van der Waals surface area contributed by atoms with E-state index >= 15 is 0 Å². The van der Waals surface area contributed by atoms with Crippen molar-refractivity contribution >= 4 is 35.9 Å². The number of thiophene rings is 1. The Hall–Kier alpha value is -2.10. The van der Waals surface area contributed by atoms with E-state index in [1.54, 1.807) is 11.3 Å². The molecule has 0 aliphatic heterocycles. The minimum atomic E-state index is -1.26. The molecule has 0 aliphatic rings. The average Bonchev–Trinajstić information content (AvgIpc) is 3.21. The van der Waals surface area contributed by atoms with Gasteiger partial charge in [-0.2, -0.15) is 0 Å². The van der Waals surface area contributed by atoms with Crippen LogP contribution in [0.2, 0.25) is 0 Å². The summed E-state index contributed by atoms with van der Waals surface area (Å²) in [7, 11) is -1.26. The highest BCUT2D eigenvalue weighted by Gasteiger charge is 2.28. The highest BCUT2D eigenvalue weighted by atomic mass is 32.1. The van der Waals surface area contributed by atoms with E-state index in [0.29, 0.717) is 0 Å². The fourth-order valence-corrected chi connectivity index (χ4v) is 6.09. The van der Waals surface area contributed by atoms with Crippen molar-refractivity contribution in [1.29, 1.82) is 0 Å². The smallest absolute Gasteiger partial charge is 0.206 e. The van der Waals surface area contributed by atoms with Crippen molar-refractivity contribution in [2.75, 3.05) is 0 Å². The van der Waals surface area contributed by atoms with Crippen LogP contribution in [0.1, 0.15) is 41.5 Å². The molecular weight excluding hydrogens is 433 g/mol. The summed E-state index contributed by atoms with van der Waals surface area (Å²) in [5.41, 5.74) is 2.56. The van der Waals surface area contributed by atoms with Gasteiger partial charge in [0.25, 0.3) is 0 Å². The van der Waals surface area contributed by atoms with Crippen LogP contribution in [0.4, 0.5) is 0 Å². The maximum absolute atomic E-state index is 6.39. The van der Waals surface area contributed by atoms with Crippen LogP contribution in [-0.4, -0.2) is 16.2 Å². The Kier molecular flexibility index (Phi) is 6.51. The molecule has 2 heterocycles. The molecule has 0 saturated carbocycles. The van der Waals surface area contributed by atoms with E-state index in [0.717, 1.165) is 26.8 Å². The van der Waals surface area contributed by atoms with Crippen LogP contribution < -0.4 is 5.30 Å². The van der Waals surface area contributed by atoms with Gasteiger partial charge in [0, 0.05) is 15.6 Å². The number of aromatic nitrogens is 1. The first kappa shape index (κ1) is 23.1. The van der Waals surface area contributed by atoms with Gasteiger partial charge >= 0.3 is 0 Å². The molecular formula is C27H30NO2PS. The molecule has 0 fully saturated rings. The number of hydrogen-bond donors (Lipinski definition) is 0. The minimum absolute atomic E-state index is 0.308. The first-order chi connectivity index (χ1) is 15.1. The van der Waals surface area contributed by atoms with Gasteiger partial charge < -0.3 is 9.05 Å². The molecule has 32 heavy (non-hydrogen) atoms. The number of pyridine rings is 1. The zero-order valence-corrected chi connectivity index (χ0v) is 21.3. The van der Waals surface area contributed by atoms with Crippen molar-refractivity contribution in [2.24, 2.45) is 0 Å². The topological polar surface area (TPSA) is 31.4 Å². The van der Waals surface area contributed by atoms with Crippen molar-refractivity contribution in [3.63, 3.8) is 0 Å². The third-order valence-electron chi connectivity index (χ3n) is 4.54. The molecule has 0 spiro atoms.